The van der Waals surface area contributed by atoms with Gasteiger partial charge < -0.3 is 14.9 Å². The third-order valence-electron chi connectivity index (χ3n) is 6.38. The highest BCUT2D eigenvalue weighted by molar-refractivity contribution is 7.21. The standard InChI is InChI=1S/C23H25NO5S/c1-20(2,3)23-21(4,5)12-27-22(23,28-29-23)13-10-15(25)18(16(26)11-13)19-24-14-8-6-7-9-17(14)30-19/h6-11,25-26H,12H2,1-5H3. The van der Waals surface area contributed by atoms with Gasteiger partial charge in [0.2, 0.25) is 0 Å². The van der Waals surface area contributed by atoms with E-state index < -0.39 is 11.4 Å². The van der Waals surface area contributed by atoms with Crippen molar-refractivity contribution >= 4 is 21.6 Å². The molecule has 2 aliphatic heterocycles. The lowest BCUT2D eigenvalue weighted by Gasteiger charge is -2.61. The van der Waals surface area contributed by atoms with Gasteiger partial charge in [0, 0.05) is 16.4 Å². The molecule has 2 unspecified atom stereocenters. The van der Waals surface area contributed by atoms with E-state index in [1.165, 1.54) is 11.3 Å². The number of aromatic hydroxyl groups is 2. The Kier molecular flexibility index (Phi) is 3.91. The van der Waals surface area contributed by atoms with Gasteiger partial charge in [0.15, 0.2) is 5.60 Å². The van der Waals surface area contributed by atoms with E-state index in [2.05, 4.69) is 39.6 Å². The number of rotatable bonds is 2. The average Bonchev–Trinajstić information content (AvgIpc) is 3.08. The largest absolute Gasteiger partial charge is 0.507 e. The monoisotopic (exact) mass is 427 g/mol. The van der Waals surface area contributed by atoms with Crippen LogP contribution >= 0.6 is 11.3 Å². The Morgan fingerprint density at radius 2 is 1.70 bits per heavy atom. The zero-order chi connectivity index (χ0) is 21.5. The molecule has 0 amide bonds. The molecule has 0 bridgehead atoms. The van der Waals surface area contributed by atoms with E-state index in [0.717, 1.165) is 10.2 Å². The first-order valence-electron chi connectivity index (χ1n) is 9.96. The van der Waals surface area contributed by atoms with E-state index >= 15 is 0 Å². The van der Waals surface area contributed by atoms with Crippen LogP contribution in [0.5, 0.6) is 11.5 Å². The maximum atomic E-state index is 10.9. The number of hydrogen-bond donors (Lipinski definition) is 2. The molecule has 0 radical (unpaired) electrons. The maximum Gasteiger partial charge on any atom is 0.261 e. The first kappa shape index (κ1) is 19.8. The summed E-state index contributed by atoms with van der Waals surface area (Å²) in [6.07, 6.45) is 0. The van der Waals surface area contributed by atoms with Crippen molar-refractivity contribution in [3.8, 4) is 22.1 Å². The lowest BCUT2D eigenvalue weighted by atomic mass is 9.57. The lowest BCUT2D eigenvalue weighted by molar-refractivity contribution is -0.626. The molecule has 2 aliphatic rings. The zero-order valence-corrected chi connectivity index (χ0v) is 18.5. The molecule has 0 aliphatic carbocycles. The van der Waals surface area contributed by atoms with Crippen LogP contribution in [0.15, 0.2) is 36.4 Å². The van der Waals surface area contributed by atoms with Crippen molar-refractivity contribution < 1.29 is 24.7 Å². The van der Waals surface area contributed by atoms with Crippen LogP contribution in [0, 0.1) is 10.8 Å². The highest BCUT2D eigenvalue weighted by atomic mass is 32.1. The summed E-state index contributed by atoms with van der Waals surface area (Å²) in [6, 6.07) is 10.9. The Balaban J connectivity index is 1.65. The molecule has 2 atom stereocenters. The minimum atomic E-state index is -1.21. The minimum absolute atomic E-state index is 0.0787. The smallest absolute Gasteiger partial charge is 0.261 e. The Labute approximate surface area is 179 Å². The van der Waals surface area contributed by atoms with E-state index in [0.29, 0.717) is 22.7 Å². The van der Waals surface area contributed by atoms with Crippen LogP contribution in [-0.2, 0) is 20.3 Å². The molecular weight excluding hydrogens is 402 g/mol. The first-order chi connectivity index (χ1) is 14.0. The summed E-state index contributed by atoms with van der Waals surface area (Å²) in [5.74, 6) is -1.37. The minimum Gasteiger partial charge on any atom is -0.507 e. The molecule has 7 heteroatoms. The molecule has 3 aromatic rings. The summed E-state index contributed by atoms with van der Waals surface area (Å²) in [4.78, 5) is 16.0. The second-order valence-corrected chi connectivity index (χ2v) is 10.8. The fourth-order valence-electron chi connectivity index (χ4n) is 5.24. The van der Waals surface area contributed by atoms with Gasteiger partial charge in [-0.25, -0.2) is 9.87 Å². The molecule has 1 aromatic heterocycles. The Morgan fingerprint density at radius 3 is 2.27 bits per heavy atom. The van der Waals surface area contributed by atoms with Crippen LogP contribution in [-0.4, -0.2) is 27.4 Å². The number of ether oxygens (including phenoxy) is 1. The van der Waals surface area contributed by atoms with Crippen molar-refractivity contribution in [2.75, 3.05) is 6.61 Å². The van der Waals surface area contributed by atoms with Crippen molar-refractivity contribution in [1.82, 2.24) is 4.98 Å². The maximum absolute atomic E-state index is 10.9. The summed E-state index contributed by atoms with van der Waals surface area (Å²) in [5.41, 5.74) is 0.179. The normalized spacial score (nSPS) is 27.8. The van der Waals surface area contributed by atoms with Crippen LogP contribution in [0.1, 0.15) is 40.2 Å². The van der Waals surface area contributed by atoms with Gasteiger partial charge in [-0.05, 0) is 24.3 Å². The average molecular weight is 428 g/mol. The van der Waals surface area contributed by atoms with Gasteiger partial charge in [0.1, 0.15) is 16.5 Å². The molecule has 5 rings (SSSR count). The van der Waals surface area contributed by atoms with Crippen molar-refractivity contribution in [2.45, 2.75) is 46.0 Å². The molecule has 30 heavy (non-hydrogen) atoms. The zero-order valence-electron chi connectivity index (χ0n) is 17.6. The number of hydrogen-bond acceptors (Lipinski definition) is 7. The quantitative estimate of drug-likeness (QED) is 0.538. The number of nitrogens with zero attached hydrogens (tertiary/aromatic N) is 1. The second kappa shape index (κ2) is 5.95. The van der Waals surface area contributed by atoms with E-state index in [-0.39, 0.29) is 22.3 Å². The highest BCUT2D eigenvalue weighted by Gasteiger charge is 2.81. The van der Waals surface area contributed by atoms with Gasteiger partial charge in [-0.1, -0.05) is 46.8 Å². The third kappa shape index (κ3) is 2.26. The van der Waals surface area contributed by atoms with Crippen molar-refractivity contribution in [1.29, 1.82) is 0 Å². The summed E-state index contributed by atoms with van der Waals surface area (Å²) in [5, 5.41) is 22.4. The van der Waals surface area contributed by atoms with E-state index in [9.17, 15) is 10.2 Å². The Morgan fingerprint density at radius 1 is 1.03 bits per heavy atom. The number of fused-ring (bicyclic) bond motifs is 2. The molecule has 0 saturated carbocycles. The second-order valence-electron chi connectivity index (χ2n) is 9.76. The Hall–Kier alpha value is -2.19. The van der Waals surface area contributed by atoms with Crippen LogP contribution < -0.4 is 0 Å². The van der Waals surface area contributed by atoms with E-state index in [1.807, 2.05) is 24.3 Å². The van der Waals surface area contributed by atoms with Gasteiger partial charge >= 0.3 is 0 Å². The van der Waals surface area contributed by atoms with Crippen molar-refractivity contribution in [2.24, 2.45) is 10.8 Å². The third-order valence-corrected chi connectivity index (χ3v) is 7.43. The molecule has 6 nitrogen and oxygen atoms in total. The Bertz CT molecular complexity index is 1110. The predicted molar refractivity (Wildman–Crippen MR) is 114 cm³/mol. The number of thiazole rings is 1. The molecular formula is C23H25NO5S. The van der Waals surface area contributed by atoms with Crippen molar-refractivity contribution in [3.63, 3.8) is 0 Å². The van der Waals surface area contributed by atoms with Crippen LogP contribution in [0.2, 0.25) is 0 Å². The van der Waals surface area contributed by atoms with Gasteiger partial charge in [-0.15, -0.1) is 11.3 Å². The number of benzene rings is 2. The summed E-state index contributed by atoms with van der Waals surface area (Å²) in [6.45, 7) is 10.8. The van der Waals surface area contributed by atoms with Gasteiger partial charge in [0.25, 0.3) is 5.79 Å². The molecule has 3 heterocycles. The first-order valence-corrected chi connectivity index (χ1v) is 10.8. The molecule has 2 N–H and O–H groups in total. The predicted octanol–water partition coefficient (Wildman–Crippen LogP) is 5.33. The van der Waals surface area contributed by atoms with Crippen LogP contribution in [0.4, 0.5) is 0 Å². The van der Waals surface area contributed by atoms with Crippen LogP contribution in [0.3, 0.4) is 0 Å². The summed E-state index contributed by atoms with van der Waals surface area (Å²) >= 11 is 1.42. The number of para-hydroxylation sites is 1. The fourth-order valence-corrected chi connectivity index (χ4v) is 6.27. The number of phenolic OH excluding ortho intramolecular Hbond substituents is 2. The molecule has 2 aromatic carbocycles. The SMILES string of the molecule is CC(C)(C)C12OOC1(c1cc(O)c(-c3nc4ccccc4s3)c(O)c1)OCC2(C)C. The van der Waals surface area contributed by atoms with Gasteiger partial charge in [-0.3, -0.25) is 0 Å². The van der Waals surface area contributed by atoms with E-state index in [4.69, 9.17) is 14.5 Å². The van der Waals surface area contributed by atoms with Gasteiger partial charge in [0.05, 0.1) is 22.4 Å². The molecule has 2 fully saturated rings. The summed E-state index contributed by atoms with van der Waals surface area (Å²) in [7, 11) is 0. The number of aromatic nitrogens is 1. The number of phenols is 2. The highest BCUT2D eigenvalue weighted by Crippen LogP contribution is 2.69. The van der Waals surface area contributed by atoms with Gasteiger partial charge in [-0.2, -0.15) is 4.89 Å². The van der Waals surface area contributed by atoms with E-state index in [1.54, 1.807) is 12.1 Å². The molecule has 158 valence electrons. The molecule has 0 spiro atoms. The van der Waals surface area contributed by atoms with Crippen molar-refractivity contribution in [3.05, 3.63) is 42.0 Å². The van der Waals surface area contributed by atoms with Crippen LogP contribution in [0.25, 0.3) is 20.8 Å². The topological polar surface area (TPSA) is 81.0 Å². The lowest BCUT2D eigenvalue weighted by Crippen LogP contribution is -2.73. The fraction of sp³-hybridized carbons (Fsp3) is 0.435. The summed E-state index contributed by atoms with van der Waals surface area (Å²) < 4.78 is 7.18. The molecule has 2 saturated heterocycles.